The molecule has 0 atom stereocenters. The number of H-pyrrole nitrogens is 1. The van der Waals surface area contributed by atoms with Crippen molar-refractivity contribution in [1.82, 2.24) is 9.97 Å². The number of para-hydroxylation sites is 2. The van der Waals surface area contributed by atoms with Gasteiger partial charge in [-0.3, -0.25) is 0 Å². The molecule has 0 radical (unpaired) electrons. The van der Waals surface area contributed by atoms with Crippen molar-refractivity contribution in [1.29, 1.82) is 0 Å². The lowest BCUT2D eigenvalue weighted by atomic mass is 10.2. The summed E-state index contributed by atoms with van der Waals surface area (Å²) in [6, 6.07) is 7.94. The number of hydrogen-bond acceptors (Lipinski definition) is 2. The molecule has 2 aromatic rings. The third kappa shape index (κ3) is 1.82. The molecule has 0 saturated heterocycles. The lowest BCUT2D eigenvalue weighted by Crippen LogP contribution is -1.88. The molecule has 3 nitrogen and oxygen atoms in total. The minimum atomic E-state index is 0.608. The van der Waals surface area contributed by atoms with E-state index in [-0.39, 0.29) is 0 Å². The van der Waals surface area contributed by atoms with Crippen LogP contribution < -0.4 is 0 Å². The molecule has 14 heavy (non-hydrogen) atoms. The van der Waals surface area contributed by atoms with Gasteiger partial charge in [-0.1, -0.05) is 12.1 Å². The Morgan fingerprint density at radius 2 is 2.21 bits per heavy atom. The first-order valence-corrected chi connectivity index (χ1v) is 4.77. The summed E-state index contributed by atoms with van der Waals surface area (Å²) in [4.78, 5) is 17.8. The van der Waals surface area contributed by atoms with E-state index in [0.29, 0.717) is 6.42 Å². The van der Waals surface area contributed by atoms with E-state index in [1.54, 1.807) is 0 Å². The Kier molecular flexibility index (Phi) is 2.58. The Labute approximate surface area is 82.2 Å². The molecule has 0 amide bonds. The maximum atomic E-state index is 10.1. The predicted molar refractivity (Wildman–Crippen MR) is 55.1 cm³/mol. The third-order valence-electron chi connectivity index (χ3n) is 2.17. The molecule has 3 heteroatoms. The van der Waals surface area contributed by atoms with Crippen LogP contribution in [0.4, 0.5) is 0 Å². The minimum absolute atomic E-state index is 0.608. The van der Waals surface area contributed by atoms with Crippen molar-refractivity contribution in [3.63, 3.8) is 0 Å². The molecular formula is C11H12N2O. The summed E-state index contributed by atoms with van der Waals surface area (Å²) in [5.41, 5.74) is 2.06. The number of aldehydes is 1. The molecule has 0 aliphatic rings. The fourth-order valence-corrected chi connectivity index (χ4v) is 1.48. The molecule has 1 aromatic carbocycles. The first-order chi connectivity index (χ1) is 6.90. The Bertz CT molecular complexity index is 401. The molecule has 0 fully saturated rings. The van der Waals surface area contributed by atoms with Crippen LogP contribution in [0.25, 0.3) is 11.0 Å². The summed E-state index contributed by atoms with van der Waals surface area (Å²) in [6.07, 6.45) is 3.26. The van der Waals surface area contributed by atoms with Crippen LogP contribution in [0.15, 0.2) is 24.3 Å². The van der Waals surface area contributed by atoms with Gasteiger partial charge in [-0.25, -0.2) is 4.98 Å². The number of rotatable bonds is 4. The second-order valence-corrected chi connectivity index (χ2v) is 3.26. The van der Waals surface area contributed by atoms with Gasteiger partial charge in [-0.2, -0.15) is 0 Å². The molecule has 2 rings (SSSR count). The average molecular weight is 188 g/mol. The number of carbonyl (C=O) groups excluding carboxylic acids is 1. The second-order valence-electron chi connectivity index (χ2n) is 3.26. The summed E-state index contributed by atoms with van der Waals surface area (Å²) >= 11 is 0. The summed E-state index contributed by atoms with van der Waals surface area (Å²) in [5.74, 6) is 0.966. The van der Waals surface area contributed by atoms with E-state index in [4.69, 9.17) is 0 Å². The number of imidazole rings is 1. The van der Waals surface area contributed by atoms with E-state index in [9.17, 15) is 4.79 Å². The van der Waals surface area contributed by atoms with Crippen LogP contribution in [0, 0.1) is 0 Å². The number of aryl methyl sites for hydroxylation is 1. The maximum Gasteiger partial charge on any atom is 0.120 e. The number of carbonyl (C=O) groups is 1. The van der Waals surface area contributed by atoms with Crippen molar-refractivity contribution < 1.29 is 4.79 Å². The van der Waals surface area contributed by atoms with E-state index < -0.39 is 0 Å². The molecule has 1 heterocycles. The highest BCUT2D eigenvalue weighted by Crippen LogP contribution is 2.11. The average Bonchev–Trinajstić information content (AvgIpc) is 2.60. The summed E-state index contributed by atoms with van der Waals surface area (Å²) < 4.78 is 0. The van der Waals surface area contributed by atoms with Gasteiger partial charge in [0, 0.05) is 12.8 Å². The number of nitrogens with zero attached hydrogens (tertiary/aromatic N) is 1. The lowest BCUT2D eigenvalue weighted by molar-refractivity contribution is -0.107. The normalized spacial score (nSPS) is 10.6. The molecule has 0 bridgehead atoms. The smallest absolute Gasteiger partial charge is 0.120 e. The number of fused-ring (bicyclic) bond motifs is 1. The molecule has 0 aliphatic carbocycles. The van der Waals surface area contributed by atoms with Crippen molar-refractivity contribution in [2.24, 2.45) is 0 Å². The van der Waals surface area contributed by atoms with Crippen molar-refractivity contribution in [2.45, 2.75) is 19.3 Å². The number of nitrogens with one attached hydrogen (secondary N) is 1. The SMILES string of the molecule is O=CCCCc1nc2ccccc2[nH]1. The number of unbranched alkanes of at least 4 members (excludes halogenated alkanes) is 1. The van der Waals surface area contributed by atoms with Gasteiger partial charge in [0.05, 0.1) is 11.0 Å². The van der Waals surface area contributed by atoms with E-state index in [1.807, 2.05) is 24.3 Å². The molecular weight excluding hydrogens is 176 g/mol. The number of aromatic nitrogens is 2. The van der Waals surface area contributed by atoms with Crippen molar-refractivity contribution in [3.8, 4) is 0 Å². The molecule has 0 unspecified atom stereocenters. The van der Waals surface area contributed by atoms with Crippen LogP contribution in [0.5, 0.6) is 0 Å². The van der Waals surface area contributed by atoms with Gasteiger partial charge in [-0.05, 0) is 18.6 Å². The zero-order valence-corrected chi connectivity index (χ0v) is 7.86. The summed E-state index contributed by atoms with van der Waals surface area (Å²) in [6.45, 7) is 0. The van der Waals surface area contributed by atoms with Crippen LogP contribution in [-0.2, 0) is 11.2 Å². The summed E-state index contributed by atoms with van der Waals surface area (Å²) in [5, 5.41) is 0. The first-order valence-electron chi connectivity index (χ1n) is 4.77. The van der Waals surface area contributed by atoms with E-state index in [2.05, 4.69) is 9.97 Å². The minimum Gasteiger partial charge on any atom is -0.342 e. The van der Waals surface area contributed by atoms with Gasteiger partial charge in [0.1, 0.15) is 12.1 Å². The molecule has 1 aromatic heterocycles. The fraction of sp³-hybridized carbons (Fsp3) is 0.273. The Hall–Kier alpha value is -1.64. The largest absolute Gasteiger partial charge is 0.342 e. The zero-order chi connectivity index (χ0) is 9.80. The van der Waals surface area contributed by atoms with Crippen LogP contribution in [-0.4, -0.2) is 16.3 Å². The summed E-state index contributed by atoms with van der Waals surface area (Å²) in [7, 11) is 0. The third-order valence-corrected chi connectivity index (χ3v) is 2.17. The second kappa shape index (κ2) is 4.05. The monoisotopic (exact) mass is 188 g/mol. The molecule has 0 aliphatic heterocycles. The molecule has 1 N–H and O–H groups in total. The highest BCUT2D eigenvalue weighted by atomic mass is 16.1. The standard InChI is InChI=1S/C11H12N2O/c14-8-4-3-7-11-12-9-5-1-2-6-10(9)13-11/h1-2,5-6,8H,3-4,7H2,(H,12,13). The predicted octanol–water partition coefficient (Wildman–Crippen LogP) is 2.08. The molecule has 0 spiro atoms. The lowest BCUT2D eigenvalue weighted by Gasteiger charge is -1.90. The molecule has 0 saturated carbocycles. The van der Waals surface area contributed by atoms with Crippen LogP contribution in [0.1, 0.15) is 18.7 Å². The van der Waals surface area contributed by atoms with Gasteiger partial charge in [0.25, 0.3) is 0 Å². The van der Waals surface area contributed by atoms with Gasteiger partial charge in [0.15, 0.2) is 0 Å². The van der Waals surface area contributed by atoms with Crippen molar-refractivity contribution >= 4 is 17.3 Å². The number of benzene rings is 1. The fourth-order valence-electron chi connectivity index (χ4n) is 1.48. The molecule has 72 valence electrons. The van der Waals surface area contributed by atoms with E-state index in [0.717, 1.165) is 36.0 Å². The number of aromatic amines is 1. The number of hydrogen-bond donors (Lipinski definition) is 1. The van der Waals surface area contributed by atoms with Crippen molar-refractivity contribution in [2.75, 3.05) is 0 Å². The Morgan fingerprint density at radius 1 is 1.36 bits per heavy atom. The van der Waals surface area contributed by atoms with Gasteiger partial charge >= 0.3 is 0 Å². The first kappa shape index (κ1) is 8.94. The van der Waals surface area contributed by atoms with E-state index >= 15 is 0 Å². The van der Waals surface area contributed by atoms with Crippen LogP contribution >= 0.6 is 0 Å². The highest BCUT2D eigenvalue weighted by Gasteiger charge is 2.00. The highest BCUT2D eigenvalue weighted by molar-refractivity contribution is 5.74. The van der Waals surface area contributed by atoms with Gasteiger partial charge < -0.3 is 9.78 Å². The maximum absolute atomic E-state index is 10.1. The Morgan fingerprint density at radius 3 is 3.00 bits per heavy atom. The van der Waals surface area contributed by atoms with Crippen LogP contribution in [0.3, 0.4) is 0 Å². The topological polar surface area (TPSA) is 45.8 Å². The Balaban J connectivity index is 2.14. The van der Waals surface area contributed by atoms with Crippen LogP contribution in [0.2, 0.25) is 0 Å². The van der Waals surface area contributed by atoms with Gasteiger partial charge in [-0.15, -0.1) is 0 Å². The van der Waals surface area contributed by atoms with Gasteiger partial charge in [0.2, 0.25) is 0 Å². The van der Waals surface area contributed by atoms with Crippen molar-refractivity contribution in [3.05, 3.63) is 30.1 Å². The zero-order valence-electron chi connectivity index (χ0n) is 7.86. The quantitative estimate of drug-likeness (QED) is 0.589. The van der Waals surface area contributed by atoms with E-state index in [1.165, 1.54) is 0 Å².